The SMILES string of the molecule is OB(O)c1cc2cccnc2c(F)c1Cl. The van der Waals surface area contributed by atoms with E-state index in [0.717, 1.165) is 0 Å². The first kappa shape index (κ1) is 10.4. The Morgan fingerprint density at radius 1 is 1.40 bits per heavy atom. The van der Waals surface area contributed by atoms with Crippen molar-refractivity contribution in [3.63, 3.8) is 0 Å². The fourth-order valence-corrected chi connectivity index (χ4v) is 1.61. The molecule has 2 aromatic rings. The molecular formula is C9H6BClFNO2. The standard InChI is InChI=1S/C9H6BClFNO2/c11-7-6(10(14)15)4-5-2-1-3-13-9(5)8(7)12/h1-4,14-15H. The van der Waals surface area contributed by atoms with Crippen molar-refractivity contribution in [3.8, 4) is 0 Å². The summed E-state index contributed by atoms with van der Waals surface area (Å²) < 4.78 is 13.6. The number of pyridine rings is 1. The molecule has 0 amide bonds. The van der Waals surface area contributed by atoms with Gasteiger partial charge in [0.1, 0.15) is 5.52 Å². The lowest BCUT2D eigenvalue weighted by Gasteiger charge is -2.06. The lowest BCUT2D eigenvalue weighted by atomic mass is 9.79. The number of aromatic nitrogens is 1. The topological polar surface area (TPSA) is 53.4 Å². The van der Waals surface area contributed by atoms with Gasteiger partial charge in [-0.15, -0.1) is 0 Å². The van der Waals surface area contributed by atoms with E-state index in [1.54, 1.807) is 12.1 Å². The lowest BCUT2D eigenvalue weighted by Crippen LogP contribution is -2.31. The number of hydrogen-bond donors (Lipinski definition) is 2. The predicted octanol–water partition coefficient (Wildman–Crippen LogP) is 0.707. The van der Waals surface area contributed by atoms with Crippen LogP contribution in [0.4, 0.5) is 4.39 Å². The van der Waals surface area contributed by atoms with Crippen LogP contribution in [-0.4, -0.2) is 22.2 Å². The van der Waals surface area contributed by atoms with Gasteiger partial charge in [-0.05, 0) is 6.07 Å². The van der Waals surface area contributed by atoms with Gasteiger partial charge in [-0.2, -0.15) is 0 Å². The summed E-state index contributed by atoms with van der Waals surface area (Å²) in [6.45, 7) is 0. The Morgan fingerprint density at radius 2 is 2.13 bits per heavy atom. The number of halogens is 2. The maximum atomic E-state index is 13.6. The predicted molar refractivity (Wildman–Crippen MR) is 56.5 cm³/mol. The second-order valence-corrected chi connectivity index (χ2v) is 3.42. The van der Waals surface area contributed by atoms with E-state index in [2.05, 4.69) is 4.98 Å². The zero-order valence-electron chi connectivity index (χ0n) is 7.48. The summed E-state index contributed by atoms with van der Waals surface area (Å²) in [5, 5.41) is 18.1. The van der Waals surface area contributed by atoms with E-state index >= 15 is 0 Å². The Balaban J connectivity index is 2.82. The van der Waals surface area contributed by atoms with E-state index < -0.39 is 12.9 Å². The third-order valence-corrected chi connectivity index (χ3v) is 2.47. The molecule has 0 fully saturated rings. The largest absolute Gasteiger partial charge is 0.490 e. The van der Waals surface area contributed by atoms with Gasteiger partial charge in [0, 0.05) is 17.0 Å². The minimum Gasteiger partial charge on any atom is -0.423 e. The number of hydrogen-bond acceptors (Lipinski definition) is 3. The molecule has 3 nitrogen and oxygen atoms in total. The van der Waals surface area contributed by atoms with Gasteiger partial charge in [0.25, 0.3) is 0 Å². The van der Waals surface area contributed by atoms with Gasteiger partial charge in [0.05, 0.1) is 5.02 Å². The highest BCUT2D eigenvalue weighted by Gasteiger charge is 2.20. The zero-order valence-corrected chi connectivity index (χ0v) is 8.24. The van der Waals surface area contributed by atoms with Crippen LogP contribution in [0.1, 0.15) is 0 Å². The van der Waals surface area contributed by atoms with Crippen molar-refractivity contribution in [1.29, 1.82) is 0 Å². The van der Waals surface area contributed by atoms with Crippen LogP contribution >= 0.6 is 11.6 Å². The minimum atomic E-state index is -1.79. The lowest BCUT2D eigenvalue weighted by molar-refractivity contribution is 0.425. The van der Waals surface area contributed by atoms with Crippen LogP contribution in [0, 0.1) is 5.82 Å². The smallest absolute Gasteiger partial charge is 0.423 e. The van der Waals surface area contributed by atoms with E-state index in [-0.39, 0.29) is 16.0 Å². The average Bonchev–Trinajstić information content (AvgIpc) is 2.23. The van der Waals surface area contributed by atoms with Gasteiger partial charge in [0.15, 0.2) is 5.82 Å². The molecule has 0 aliphatic carbocycles. The maximum Gasteiger partial charge on any atom is 0.490 e. The molecule has 6 heteroatoms. The van der Waals surface area contributed by atoms with Gasteiger partial charge in [0.2, 0.25) is 0 Å². The highest BCUT2D eigenvalue weighted by Crippen LogP contribution is 2.21. The Morgan fingerprint density at radius 3 is 2.80 bits per heavy atom. The zero-order chi connectivity index (χ0) is 11.0. The second-order valence-electron chi connectivity index (χ2n) is 3.04. The first-order valence-corrected chi connectivity index (χ1v) is 4.58. The Kier molecular flexibility index (Phi) is 2.60. The van der Waals surface area contributed by atoms with Crippen molar-refractivity contribution < 1.29 is 14.4 Å². The van der Waals surface area contributed by atoms with Crippen LogP contribution in [0.3, 0.4) is 0 Å². The Bertz CT molecular complexity index is 521. The summed E-state index contributed by atoms with van der Waals surface area (Å²) in [5.41, 5.74) is 0.0570. The Hall–Kier alpha value is -1.17. The molecule has 2 N–H and O–H groups in total. The van der Waals surface area contributed by atoms with Gasteiger partial charge in [-0.1, -0.05) is 23.7 Å². The van der Waals surface area contributed by atoms with Crippen LogP contribution in [0.2, 0.25) is 5.02 Å². The molecule has 0 aliphatic heterocycles. The molecule has 0 atom stereocenters. The molecule has 0 aliphatic rings. The van der Waals surface area contributed by atoms with Crippen molar-refractivity contribution in [2.24, 2.45) is 0 Å². The van der Waals surface area contributed by atoms with E-state index in [4.69, 9.17) is 21.6 Å². The van der Waals surface area contributed by atoms with E-state index in [0.29, 0.717) is 5.39 Å². The molecule has 2 rings (SSSR count). The van der Waals surface area contributed by atoms with E-state index in [1.807, 2.05) is 0 Å². The monoisotopic (exact) mass is 225 g/mol. The highest BCUT2D eigenvalue weighted by molar-refractivity contribution is 6.63. The van der Waals surface area contributed by atoms with Crippen LogP contribution < -0.4 is 5.46 Å². The maximum absolute atomic E-state index is 13.6. The molecule has 15 heavy (non-hydrogen) atoms. The summed E-state index contributed by atoms with van der Waals surface area (Å²) >= 11 is 5.63. The summed E-state index contributed by atoms with van der Waals surface area (Å²) in [6, 6.07) is 4.65. The number of rotatable bonds is 1. The van der Waals surface area contributed by atoms with Gasteiger partial charge < -0.3 is 10.0 Å². The fraction of sp³-hybridized carbons (Fsp3) is 0. The molecule has 0 spiro atoms. The molecule has 1 heterocycles. The molecule has 1 aromatic carbocycles. The third kappa shape index (κ3) is 1.69. The normalized spacial score (nSPS) is 10.7. The van der Waals surface area contributed by atoms with E-state index in [1.165, 1.54) is 12.3 Å². The van der Waals surface area contributed by atoms with Gasteiger partial charge in [-0.3, -0.25) is 4.98 Å². The van der Waals surface area contributed by atoms with Crippen LogP contribution in [0.5, 0.6) is 0 Å². The number of nitrogens with zero attached hydrogens (tertiary/aromatic N) is 1. The van der Waals surface area contributed by atoms with Crippen molar-refractivity contribution in [2.75, 3.05) is 0 Å². The minimum absolute atomic E-state index is 0.0605. The molecular weight excluding hydrogens is 219 g/mol. The van der Waals surface area contributed by atoms with E-state index in [9.17, 15) is 4.39 Å². The average molecular weight is 225 g/mol. The van der Waals surface area contributed by atoms with Gasteiger partial charge >= 0.3 is 7.12 Å². The molecule has 76 valence electrons. The molecule has 0 unspecified atom stereocenters. The second kappa shape index (κ2) is 3.77. The molecule has 0 saturated carbocycles. The van der Waals surface area contributed by atoms with Gasteiger partial charge in [-0.25, -0.2) is 4.39 Å². The first-order chi connectivity index (χ1) is 7.11. The number of benzene rings is 1. The van der Waals surface area contributed by atoms with Crippen LogP contribution in [0.25, 0.3) is 10.9 Å². The van der Waals surface area contributed by atoms with Crippen LogP contribution in [0.15, 0.2) is 24.4 Å². The summed E-state index contributed by atoms with van der Waals surface area (Å²) in [5.74, 6) is -0.738. The van der Waals surface area contributed by atoms with Crippen molar-refractivity contribution in [2.45, 2.75) is 0 Å². The van der Waals surface area contributed by atoms with Crippen molar-refractivity contribution in [1.82, 2.24) is 4.98 Å². The number of fused-ring (bicyclic) bond motifs is 1. The molecule has 0 radical (unpaired) electrons. The van der Waals surface area contributed by atoms with Crippen molar-refractivity contribution in [3.05, 3.63) is 35.2 Å². The third-order valence-electron chi connectivity index (χ3n) is 2.08. The fourth-order valence-electron chi connectivity index (χ4n) is 1.37. The quantitative estimate of drug-likeness (QED) is 0.703. The molecule has 0 bridgehead atoms. The summed E-state index contributed by atoms with van der Waals surface area (Å²) in [6.07, 6.45) is 1.44. The van der Waals surface area contributed by atoms with Crippen LogP contribution in [-0.2, 0) is 0 Å². The van der Waals surface area contributed by atoms with Crippen molar-refractivity contribution >= 4 is 35.1 Å². The first-order valence-electron chi connectivity index (χ1n) is 4.20. The highest BCUT2D eigenvalue weighted by atomic mass is 35.5. The molecule has 0 saturated heterocycles. The summed E-state index contributed by atoms with van der Waals surface area (Å²) in [7, 11) is -1.79. The summed E-state index contributed by atoms with van der Waals surface area (Å²) in [4.78, 5) is 3.82. The Labute approximate surface area is 90.3 Å². The molecule has 1 aromatic heterocycles.